The molecule has 0 radical (unpaired) electrons. The van der Waals surface area contributed by atoms with Crippen LogP contribution in [0.2, 0.25) is 0 Å². The number of para-hydroxylation sites is 1. The predicted molar refractivity (Wildman–Crippen MR) is 64.9 cm³/mol. The summed E-state index contributed by atoms with van der Waals surface area (Å²) < 4.78 is 5.49. The minimum Gasteiger partial charge on any atom is -0.451 e. The van der Waals surface area contributed by atoms with Crippen molar-refractivity contribution in [3.63, 3.8) is 0 Å². The van der Waals surface area contributed by atoms with Crippen molar-refractivity contribution in [2.75, 3.05) is 19.6 Å². The summed E-state index contributed by atoms with van der Waals surface area (Å²) in [4.78, 5) is 11.8. The minimum atomic E-state index is -0.131. The van der Waals surface area contributed by atoms with E-state index in [9.17, 15) is 4.79 Å². The smallest absolute Gasteiger partial charge is 0.287 e. The van der Waals surface area contributed by atoms with E-state index in [0.29, 0.717) is 18.2 Å². The standard InChI is InChI=1S/C13H14N2O2/c16-13(15-8-9-6-14-7-9)12-5-10-3-1-2-4-11(10)17-12/h1-5,9,14H,6-8H2,(H,15,16). The molecule has 1 aliphatic heterocycles. The monoisotopic (exact) mass is 230 g/mol. The van der Waals surface area contributed by atoms with Gasteiger partial charge >= 0.3 is 0 Å². The molecular formula is C13H14N2O2. The van der Waals surface area contributed by atoms with Gasteiger partial charge in [0, 0.05) is 30.9 Å². The molecule has 2 N–H and O–H groups in total. The molecule has 0 saturated carbocycles. The molecule has 1 aliphatic rings. The lowest BCUT2D eigenvalue weighted by molar-refractivity contribution is 0.0916. The number of hydrogen-bond donors (Lipinski definition) is 2. The first-order valence-electron chi connectivity index (χ1n) is 5.80. The van der Waals surface area contributed by atoms with Gasteiger partial charge in [0.15, 0.2) is 5.76 Å². The van der Waals surface area contributed by atoms with Crippen LogP contribution in [-0.2, 0) is 0 Å². The van der Waals surface area contributed by atoms with E-state index in [4.69, 9.17) is 4.42 Å². The molecule has 1 amide bonds. The number of carbonyl (C=O) groups excluding carboxylic acids is 1. The number of fused-ring (bicyclic) bond motifs is 1. The molecule has 17 heavy (non-hydrogen) atoms. The van der Waals surface area contributed by atoms with Crippen molar-refractivity contribution in [2.24, 2.45) is 5.92 Å². The summed E-state index contributed by atoms with van der Waals surface area (Å²) in [6, 6.07) is 9.41. The zero-order chi connectivity index (χ0) is 11.7. The molecule has 2 aromatic rings. The third kappa shape index (κ3) is 2.03. The molecule has 0 bridgehead atoms. The summed E-state index contributed by atoms with van der Waals surface area (Å²) in [5.41, 5.74) is 0.753. The van der Waals surface area contributed by atoms with E-state index in [1.807, 2.05) is 24.3 Å². The summed E-state index contributed by atoms with van der Waals surface area (Å²) in [5.74, 6) is 0.815. The van der Waals surface area contributed by atoms with E-state index in [1.165, 1.54) is 0 Å². The lowest BCUT2D eigenvalue weighted by Gasteiger charge is -2.26. The second-order valence-electron chi connectivity index (χ2n) is 4.38. The van der Waals surface area contributed by atoms with Crippen LogP contribution in [0.3, 0.4) is 0 Å². The second kappa shape index (κ2) is 4.22. The van der Waals surface area contributed by atoms with Crippen LogP contribution in [0.25, 0.3) is 11.0 Å². The van der Waals surface area contributed by atoms with Crippen molar-refractivity contribution in [2.45, 2.75) is 0 Å². The molecule has 3 rings (SSSR count). The fourth-order valence-electron chi connectivity index (χ4n) is 1.91. The summed E-state index contributed by atoms with van der Waals surface area (Å²) in [5, 5.41) is 7.02. The van der Waals surface area contributed by atoms with E-state index in [-0.39, 0.29) is 5.91 Å². The Balaban J connectivity index is 1.71. The van der Waals surface area contributed by atoms with E-state index < -0.39 is 0 Å². The predicted octanol–water partition coefficient (Wildman–Crippen LogP) is 1.38. The summed E-state index contributed by atoms with van der Waals surface area (Å²) in [6.07, 6.45) is 0. The van der Waals surface area contributed by atoms with Crippen LogP contribution in [-0.4, -0.2) is 25.5 Å². The van der Waals surface area contributed by atoms with Gasteiger partial charge in [0.1, 0.15) is 5.58 Å². The van der Waals surface area contributed by atoms with Gasteiger partial charge in [-0.1, -0.05) is 18.2 Å². The van der Waals surface area contributed by atoms with Crippen molar-refractivity contribution < 1.29 is 9.21 Å². The Hall–Kier alpha value is -1.81. The van der Waals surface area contributed by atoms with Gasteiger partial charge in [0.05, 0.1) is 0 Å². The van der Waals surface area contributed by atoms with E-state index >= 15 is 0 Å². The van der Waals surface area contributed by atoms with Gasteiger partial charge in [-0.05, 0) is 12.1 Å². The van der Waals surface area contributed by atoms with Crippen molar-refractivity contribution in [1.82, 2.24) is 10.6 Å². The molecule has 4 nitrogen and oxygen atoms in total. The third-order valence-corrected chi connectivity index (χ3v) is 3.07. The lowest BCUT2D eigenvalue weighted by Crippen LogP contribution is -2.48. The first-order chi connectivity index (χ1) is 8.33. The fourth-order valence-corrected chi connectivity index (χ4v) is 1.91. The van der Waals surface area contributed by atoms with Crippen LogP contribution in [0.4, 0.5) is 0 Å². The fraction of sp³-hybridized carbons (Fsp3) is 0.308. The maximum absolute atomic E-state index is 11.8. The van der Waals surface area contributed by atoms with Crippen LogP contribution < -0.4 is 10.6 Å². The molecule has 0 unspecified atom stereocenters. The molecule has 0 aliphatic carbocycles. The Kier molecular flexibility index (Phi) is 2.57. The molecule has 0 spiro atoms. The molecule has 88 valence electrons. The highest BCUT2D eigenvalue weighted by molar-refractivity contribution is 5.96. The van der Waals surface area contributed by atoms with Gasteiger partial charge in [-0.25, -0.2) is 0 Å². The lowest BCUT2D eigenvalue weighted by atomic mass is 10.0. The quantitative estimate of drug-likeness (QED) is 0.837. The van der Waals surface area contributed by atoms with Crippen molar-refractivity contribution in [3.05, 3.63) is 36.1 Å². The normalized spacial score (nSPS) is 15.8. The van der Waals surface area contributed by atoms with E-state index in [2.05, 4.69) is 10.6 Å². The van der Waals surface area contributed by atoms with Gasteiger partial charge in [-0.15, -0.1) is 0 Å². The van der Waals surface area contributed by atoms with Gasteiger partial charge in [-0.3, -0.25) is 4.79 Å². The van der Waals surface area contributed by atoms with Crippen LogP contribution >= 0.6 is 0 Å². The van der Waals surface area contributed by atoms with Crippen LogP contribution in [0.5, 0.6) is 0 Å². The number of hydrogen-bond acceptors (Lipinski definition) is 3. The molecule has 1 aromatic heterocycles. The zero-order valence-electron chi connectivity index (χ0n) is 9.40. The molecule has 2 heterocycles. The number of carbonyl (C=O) groups is 1. The Labute approximate surface area is 99.0 Å². The average Bonchev–Trinajstić information content (AvgIpc) is 2.70. The number of benzene rings is 1. The van der Waals surface area contributed by atoms with Crippen LogP contribution in [0.15, 0.2) is 34.7 Å². The average molecular weight is 230 g/mol. The molecule has 4 heteroatoms. The Morgan fingerprint density at radius 3 is 2.94 bits per heavy atom. The van der Waals surface area contributed by atoms with Gasteiger partial charge in [0.25, 0.3) is 5.91 Å². The van der Waals surface area contributed by atoms with Gasteiger partial charge in [0.2, 0.25) is 0 Å². The molecule has 0 atom stereocenters. The number of furan rings is 1. The molecular weight excluding hydrogens is 216 g/mol. The van der Waals surface area contributed by atoms with Crippen LogP contribution in [0.1, 0.15) is 10.6 Å². The van der Waals surface area contributed by atoms with E-state index in [0.717, 1.165) is 24.1 Å². The highest BCUT2D eigenvalue weighted by Gasteiger charge is 2.18. The third-order valence-electron chi connectivity index (χ3n) is 3.07. The summed E-state index contributed by atoms with van der Waals surface area (Å²) in [6.45, 7) is 2.68. The molecule has 1 fully saturated rings. The minimum absolute atomic E-state index is 0.131. The van der Waals surface area contributed by atoms with Crippen molar-refractivity contribution >= 4 is 16.9 Å². The number of amides is 1. The number of nitrogens with one attached hydrogen (secondary N) is 2. The van der Waals surface area contributed by atoms with Gasteiger partial charge in [-0.2, -0.15) is 0 Å². The van der Waals surface area contributed by atoms with Crippen molar-refractivity contribution in [1.29, 1.82) is 0 Å². The van der Waals surface area contributed by atoms with E-state index in [1.54, 1.807) is 6.07 Å². The van der Waals surface area contributed by atoms with Crippen LogP contribution in [0, 0.1) is 5.92 Å². The molecule has 1 aromatic carbocycles. The zero-order valence-corrected chi connectivity index (χ0v) is 9.40. The Morgan fingerprint density at radius 1 is 1.41 bits per heavy atom. The van der Waals surface area contributed by atoms with Crippen molar-refractivity contribution in [3.8, 4) is 0 Å². The maximum Gasteiger partial charge on any atom is 0.287 e. The summed E-state index contributed by atoms with van der Waals surface area (Å²) >= 11 is 0. The maximum atomic E-state index is 11.8. The highest BCUT2D eigenvalue weighted by Crippen LogP contribution is 2.18. The first kappa shape index (κ1) is 10.4. The summed E-state index contributed by atoms with van der Waals surface area (Å²) in [7, 11) is 0. The topological polar surface area (TPSA) is 54.3 Å². The Bertz CT molecular complexity index is 510. The Morgan fingerprint density at radius 2 is 2.24 bits per heavy atom. The SMILES string of the molecule is O=C(NCC1CNC1)c1cc2ccccc2o1. The number of rotatable bonds is 3. The first-order valence-corrected chi connectivity index (χ1v) is 5.80. The molecule has 1 saturated heterocycles. The van der Waals surface area contributed by atoms with Gasteiger partial charge < -0.3 is 15.1 Å². The largest absolute Gasteiger partial charge is 0.451 e. The highest BCUT2D eigenvalue weighted by atomic mass is 16.3. The second-order valence-corrected chi connectivity index (χ2v) is 4.38.